The molecule has 3 aromatic rings. The van der Waals surface area contributed by atoms with Crippen LogP contribution in [-0.4, -0.2) is 3.21 Å². The molecule has 3 aromatic carbocycles. The Balaban J connectivity index is 0.000000211. The number of benzene rings is 3. The Morgan fingerprint density at radius 3 is 2.05 bits per heavy atom. The summed E-state index contributed by atoms with van der Waals surface area (Å²) in [5, 5.41) is 2.73. The number of fused-ring (bicyclic) bond motifs is 2. The molecule has 1 atom stereocenters. The van der Waals surface area contributed by atoms with Crippen LogP contribution in [-0.2, 0) is 30.7 Å². The molecular formula is C41H43Zr-. The van der Waals surface area contributed by atoms with Crippen molar-refractivity contribution < 1.29 is 24.2 Å². The molecule has 0 fully saturated rings. The van der Waals surface area contributed by atoms with Gasteiger partial charge in [0.1, 0.15) is 0 Å². The van der Waals surface area contributed by atoms with Crippen LogP contribution in [0.3, 0.4) is 0 Å². The van der Waals surface area contributed by atoms with E-state index in [1.807, 2.05) is 0 Å². The molecule has 212 valence electrons. The van der Waals surface area contributed by atoms with Crippen molar-refractivity contribution in [3.63, 3.8) is 0 Å². The van der Waals surface area contributed by atoms with Gasteiger partial charge in [0.2, 0.25) is 0 Å². The van der Waals surface area contributed by atoms with E-state index in [0.29, 0.717) is 11.8 Å². The topological polar surface area (TPSA) is 0 Å². The first kappa shape index (κ1) is 30.6. The molecule has 0 bridgehead atoms. The molecule has 0 saturated heterocycles. The van der Waals surface area contributed by atoms with Crippen molar-refractivity contribution >= 4 is 14.9 Å². The Morgan fingerprint density at radius 1 is 0.905 bits per heavy atom. The SMILES string of the molecule is CCc1cc(C(C)C)c2c(c1)=[C-]C1=C(C3=CC=CC3)C(CC)(C(C)C)C=CC=21.[Zr]=[C](c1ccccc1)c1ccccc1. The zero-order chi connectivity index (χ0) is 29.9. The minimum absolute atomic E-state index is 0.0946. The summed E-state index contributed by atoms with van der Waals surface area (Å²) in [6.45, 7) is 14.0. The minimum atomic E-state index is 0.0946. The van der Waals surface area contributed by atoms with Gasteiger partial charge in [0.15, 0.2) is 0 Å². The monoisotopic (exact) mass is 625 g/mol. The number of rotatable bonds is 7. The molecule has 0 heterocycles. The van der Waals surface area contributed by atoms with E-state index < -0.39 is 0 Å². The third-order valence-corrected chi connectivity index (χ3v) is 10.6. The summed E-state index contributed by atoms with van der Waals surface area (Å²) in [5.41, 5.74) is 11.4. The van der Waals surface area contributed by atoms with E-state index in [1.165, 1.54) is 82.4 Å². The van der Waals surface area contributed by atoms with Crippen molar-refractivity contribution in [3.8, 4) is 0 Å². The van der Waals surface area contributed by atoms with Crippen molar-refractivity contribution in [2.75, 3.05) is 0 Å². The van der Waals surface area contributed by atoms with Crippen molar-refractivity contribution in [2.45, 2.75) is 66.7 Å². The Morgan fingerprint density at radius 2 is 1.55 bits per heavy atom. The van der Waals surface area contributed by atoms with E-state index in [4.69, 9.17) is 0 Å². The standard InChI is InChI=1S/C28H33.C13H10.Zr/c1-7-20-15-22-17-25-23(26(22)24(16-20)18(3)4)13-14-28(8-2,19(5)6)27(25)21-11-9-10-12-21;1-3-7-12(8-4-1)11-13-9-5-2-6-10-13;/h9-11,13-16,18-19H,7-8,12H2,1-6H3;1-10H;/q-1;;. The molecule has 1 unspecified atom stereocenters. The van der Waals surface area contributed by atoms with Crippen LogP contribution in [0.5, 0.6) is 0 Å². The molecule has 0 N–H and O–H groups in total. The fourth-order valence-electron chi connectivity index (χ4n) is 6.68. The van der Waals surface area contributed by atoms with Crippen LogP contribution in [0, 0.1) is 11.3 Å². The van der Waals surface area contributed by atoms with Crippen LogP contribution in [0.2, 0.25) is 0 Å². The van der Waals surface area contributed by atoms with Gasteiger partial charge in [-0.3, -0.25) is 0 Å². The Labute approximate surface area is 268 Å². The predicted octanol–water partition coefficient (Wildman–Crippen LogP) is 8.80. The number of hydrogen-bond donors (Lipinski definition) is 0. The van der Waals surface area contributed by atoms with Crippen molar-refractivity contribution in [3.05, 3.63) is 153 Å². The fraction of sp³-hybridized carbons (Fsp3) is 0.293. The summed E-state index contributed by atoms with van der Waals surface area (Å²) >= 11 is 1.46. The molecule has 3 aliphatic rings. The maximum atomic E-state index is 3.90. The fourth-order valence-corrected chi connectivity index (χ4v) is 7.50. The van der Waals surface area contributed by atoms with Gasteiger partial charge in [-0.15, -0.1) is 33.7 Å². The molecule has 0 saturated carbocycles. The third kappa shape index (κ3) is 5.83. The maximum absolute atomic E-state index is 3.90. The number of aryl methyl sites for hydroxylation is 1. The second-order valence-electron chi connectivity index (χ2n) is 12.2. The average Bonchev–Trinajstić information content (AvgIpc) is 3.68. The van der Waals surface area contributed by atoms with E-state index in [1.54, 1.807) is 0 Å². The molecule has 0 spiro atoms. The van der Waals surface area contributed by atoms with Crippen LogP contribution < -0.4 is 10.4 Å². The first-order valence-corrected chi connectivity index (χ1v) is 16.8. The summed E-state index contributed by atoms with van der Waals surface area (Å²) in [4.78, 5) is 0. The first-order chi connectivity index (χ1) is 20.3. The zero-order valence-corrected chi connectivity index (χ0v) is 28.5. The van der Waals surface area contributed by atoms with E-state index in [0.717, 1.165) is 19.3 Å². The molecule has 42 heavy (non-hydrogen) atoms. The van der Waals surface area contributed by atoms with Crippen molar-refractivity contribution in [1.82, 2.24) is 0 Å². The van der Waals surface area contributed by atoms with Crippen molar-refractivity contribution in [2.24, 2.45) is 11.3 Å². The van der Waals surface area contributed by atoms with Gasteiger partial charge in [-0.05, 0) is 36.5 Å². The Hall–Kier alpha value is -2.89. The summed E-state index contributed by atoms with van der Waals surface area (Å²) in [6.07, 6.45) is 18.9. The predicted molar refractivity (Wildman–Crippen MR) is 178 cm³/mol. The van der Waals surface area contributed by atoms with Gasteiger partial charge < -0.3 is 0 Å². The summed E-state index contributed by atoms with van der Waals surface area (Å²) < 4.78 is 1.42. The molecule has 0 aromatic heterocycles. The molecular weight excluding hydrogens is 584 g/mol. The second-order valence-corrected chi connectivity index (χ2v) is 13.4. The molecule has 0 radical (unpaired) electrons. The molecule has 6 rings (SSSR count). The van der Waals surface area contributed by atoms with Crippen LogP contribution in [0.25, 0.3) is 11.6 Å². The zero-order valence-electron chi connectivity index (χ0n) is 26.1. The molecule has 0 nitrogen and oxygen atoms in total. The van der Waals surface area contributed by atoms with Gasteiger partial charge in [-0.1, -0.05) is 100 Å². The number of hydrogen-bond acceptors (Lipinski definition) is 0. The molecule has 0 aliphatic heterocycles. The molecule has 0 amide bonds. The molecule has 3 aliphatic carbocycles. The Bertz CT molecular complexity index is 1670. The van der Waals surface area contributed by atoms with Gasteiger partial charge in [-0.2, -0.15) is 0 Å². The summed E-state index contributed by atoms with van der Waals surface area (Å²) in [7, 11) is 0. The van der Waals surface area contributed by atoms with Crippen LogP contribution in [0.4, 0.5) is 0 Å². The molecule has 1 heteroatoms. The summed E-state index contributed by atoms with van der Waals surface area (Å²) in [6, 6.07) is 25.9. The van der Waals surface area contributed by atoms with E-state index in [9.17, 15) is 0 Å². The third-order valence-electron chi connectivity index (χ3n) is 9.15. The quantitative estimate of drug-likeness (QED) is 0.230. The second kappa shape index (κ2) is 13.2. The van der Waals surface area contributed by atoms with Gasteiger partial charge in [0.05, 0.1) is 0 Å². The van der Waals surface area contributed by atoms with Gasteiger partial charge in [0, 0.05) is 0 Å². The van der Waals surface area contributed by atoms with Gasteiger partial charge in [-0.25, -0.2) is 0 Å². The number of allylic oxidation sites excluding steroid dienone is 8. The van der Waals surface area contributed by atoms with E-state index in [-0.39, 0.29) is 5.41 Å². The van der Waals surface area contributed by atoms with Crippen LogP contribution >= 0.6 is 0 Å². The van der Waals surface area contributed by atoms with E-state index in [2.05, 4.69) is 151 Å². The normalized spacial score (nSPS) is 18.5. The van der Waals surface area contributed by atoms with Crippen LogP contribution in [0.1, 0.15) is 82.6 Å². The average molecular weight is 627 g/mol. The van der Waals surface area contributed by atoms with E-state index >= 15 is 0 Å². The Kier molecular flexibility index (Phi) is 9.59. The van der Waals surface area contributed by atoms with Gasteiger partial charge in [0.25, 0.3) is 0 Å². The van der Waals surface area contributed by atoms with Crippen LogP contribution in [0.15, 0.2) is 120 Å². The first-order valence-electron chi connectivity index (χ1n) is 15.6. The summed E-state index contributed by atoms with van der Waals surface area (Å²) in [5.74, 6) is 1.07. The van der Waals surface area contributed by atoms with Gasteiger partial charge >= 0.3 is 99.2 Å². The van der Waals surface area contributed by atoms with Crippen molar-refractivity contribution in [1.29, 1.82) is 0 Å².